The number of aromatic nitrogens is 3. The largest absolute Gasteiger partial charge is 0.408 e. The maximum absolute atomic E-state index is 13.2. The van der Waals surface area contributed by atoms with E-state index in [4.69, 9.17) is 4.42 Å². The highest BCUT2D eigenvalue weighted by Gasteiger charge is 2.13. The van der Waals surface area contributed by atoms with Gasteiger partial charge in [0.15, 0.2) is 5.82 Å². The first-order chi connectivity index (χ1) is 7.66. The van der Waals surface area contributed by atoms with Crippen LogP contribution < -0.4 is 5.32 Å². The van der Waals surface area contributed by atoms with Crippen LogP contribution in [-0.4, -0.2) is 21.1 Å². The van der Waals surface area contributed by atoms with Gasteiger partial charge in [0.2, 0.25) is 5.89 Å². The number of nitrogens with zero attached hydrogens (tertiary/aromatic N) is 3. The Labute approximate surface area is 89.5 Å². The van der Waals surface area contributed by atoms with Gasteiger partial charge in [-0.15, -0.1) is 5.10 Å². The molecule has 0 saturated heterocycles. The van der Waals surface area contributed by atoms with Crippen LogP contribution in [0, 0.1) is 12.7 Å². The maximum Gasteiger partial charge on any atom is 0.322 e. The molecule has 6 nitrogen and oxygen atoms in total. The molecule has 2 aromatic rings. The first kappa shape index (κ1) is 10.2. The molecule has 16 heavy (non-hydrogen) atoms. The smallest absolute Gasteiger partial charge is 0.322 e. The average Bonchev–Trinajstić information content (AvgIpc) is 2.64. The van der Waals surface area contributed by atoms with Gasteiger partial charge in [-0.05, 0) is 6.07 Å². The highest BCUT2D eigenvalue weighted by molar-refractivity contribution is 6.03. The zero-order valence-corrected chi connectivity index (χ0v) is 8.27. The van der Waals surface area contributed by atoms with E-state index in [1.54, 1.807) is 6.92 Å². The fourth-order valence-corrected chi connectivity index (χ4v) is 1.07. The van der Waals surface area contributed by atoms with E-state index >= 15 is 0 Å². The number of amides is 1. The molecule has 0 aliphatic heterocycles. The van der Waals surface area contributed by atoms with Crippen LogP contribution >= 0.6 is 0 Å². The van der Waals surface area contributed by atoms with Gasteiger partial charge in [0.1, 0.15) is 0 Å². The Hall–Kier alpha value is -2.31. The van der Waals surface area contributed by atoms with Crippen LogP contribution in [0.4, 0.5) is 10.4 Å². The average molecular weight is 222 g/mol. The second kappa shape index (κ2) is 4.05. The fraction of sp³-hybridized carbons (Fsp3) is 0.111. The number of hydrogen-bond donors (Lipinski definition) is 1. The Bertz CT molecular complexity index is 526. The summed E-state index contributed by atoms with van der Waals surface area (Å²) in [7, 11) is 0. The molecular weight excluding hydrogens is 215 g/mol. The SMILES string of the molecule is Cc1nnc(NC(=O)c2ccncc2F)o1. The minimum absolute atomic E-state index is 0.0706. The lowest BCUT2D eigenvalue weighted by Gasteiger charge is -2.00. The summed E-state index contributed by atoms with van der Waals surface area (Å²) in [5.41, 5.74) is -0.133. The quantitative estimate of drug-likeness (QED) is 0.824. The third-order valence-corrected chi connectivity index (χ3v) is 1.76. The highest BCUT2D eigenvalue weighted by atomic mass is 19.1. The molecule has 2 aromatic heterocycles. The monoisotopic (exact) mass is 222 g/mol. The summed E-state index contributed by atoms with van der Waals surface area (Å²) in [5, 5.41) is 9.35. The number of halogens is 1. The van der Waals surface area contributed by atoms with Crippen LogP contribution in [-0.2, 0) is 0 Å². The van der Waals surface area contributed by atoms with Gasteiger partial charge in [0.25, 0.3) is 5.91 Å². The summed E-state index contributed by atoms with van der Waals surface area (Å²) in [6.45, 7) is 1.58. The number of nitrogens with one attached hydrogen (secondary N) is 1. The second-order valence-corrected chi connectivity index (χ2v) is 2.94. The summed E-state index contributed by atoms with van der Waals surface area (Å²) in [6.07, 6.45) is 2.27. The van der Waals surface area contributed by atoms with Crippen LogP contribution in [0.3, 0.4) is 0 Å². The number of carbonyl (C=O) groups is 1. The van der Waals surface area contributed by atoms with E-state index < -0.39 is 11.7 Å². The summed E-state index contributed by atoms with van der Waals surface area (Å²) >= 11 is 0. The minimum atomic E-state index is -0.712. The second-order valence-electron chi connectivity index (χ2n) is 2.94. The molecule has 0 unspecified atom stereocenters. The first-order valence-corrected chi connectivity index (χ1v) is 4.38. The van der Waals surface area contributed by atoms with Crippen LogP contribution in [0.2, 0.25) is 0 Å². The molecule has 0 radical (unpaired) electrons. The minimum Gasteiger partial charge on any atom is -0.408 e. The van der Waals surface area contributed by atoms with Gasteiger partial charge < -0.3 is 4.42 Å². The Balaban J connectivity index is 2.18. The Kier molecular flexibility index (Phi) is 2.59. The number of carbonyl (C=O) groups excluding carboxylic acids is 1. The van der Waals surface area contributed by atoms with Gasteiger partial charge in [-0.25, -0.2) is 4.39 Å². The van der Waals surface area contributed by atoms with Crippen molar-refractivity contribution >= 4 is 11.9 Å². The molecule has 2 heterocycles. The van der Waals surface area contributed by atoms with Crippen molar-refractivity contribution < 1.29 is 13.6 Å². The lowest BCUT2D eigenvalue weighted by molar-refractivity contribution is 0.102. The van der Waals surface area contributed by atoms with E-state index in [9.17, 15) is 9.18 Å². The van der Waals surface area contributed by atoms with Crippen molar-refractivity contribution in [2.45, 2.75) is 6.92 Å². The van der Waals surface area contributed by atoms with Crippen LogP contribution in [0.5, 0.6) is 0 Å². The van der Waals surface area contributed by atoms with E-state index in [1.165, 1.54) is 12.3 Å². The Morgan fingerprint density at radius 2 is 2.31 bits per heavy atom. The van der Waals surface area contributed by atoms with Crippen LogP contribution in [0.25, 0.3) is 0 Å². The zero-order valence-electron chi connectivity index (χ0n) is 8.27. The molecule has 82 valence electrons. The van der Waals surface area contributed by atoms with Crippen molar-refractivity contribution in [3.63, 3.8) is 0 Å². The van der Waals surface area contributed by atoms with Crippen LogP contribution in [0.15, 0.2) is 22.9 Å². The molecule has 1 amide bonds. The van der Waals surface area contributed by atoms with Crippen molar-refractivity contribution in [1.82, 2.24) is 15.2 Å². The van der Waals surface area contributed by atoms with E-state index in [1.807, 2.05) is 0 Å². The molecule has 0 aromatic carbocycles. The lowest BCUT2D eigenvalue weighted by Crippen LogP contribution is -2.14. The maximum atomic E-state index is 13.2. The molecule has 0 fully saturated rings. The normalized spacial score (nSPS) is 10.1. The van der Waals surface area contributed by atoms with Gasteiger partial charge in [0, 0.05) is 13.1 Å². The summed E-state index contributed by atoms with van der Waals surface area (Å²) < 4.78 is 18.1. The lowest BCUT2D eigenvalue weighted by atomic mass is 10.2. The van der Waals surface area contributed by atoms with Gasteiger partial charge >= 0.3 is 6.01 Å². The predicted molar refractivity (Wildman–Crippen MR) is 51.2 cm³/mol. The molecular formula is C9H7FN4O2. The highest BCUT2D eigenvalue weighted by Crippen LogP contribution is 2.09. The molecule has 2 rings (SSSR count). The standard InChI is InChI=1S/C9H7FN4O2/c1-5-13-14-9(16-5)12-8(15)6-2-3-11-4-7(6)10/h2-4H,1H3,(H,12,14,15). The topological polar surface area (TPSA) is 80.9 Å². The Morgan fingerprint density at radius 3 is 2.94 bits per heavy atom. The van der Waals surface area contributed by atoms with Crippen molar-refractivity contribution in [3.05, 3.63) is 35.7 Å². The Morgan fingerprint density at radius 1 is 1.50 bits per heavy atom. The molecule has 0 aliphatic carbocycles. The molecule has 1 N–H and O–H groups in total. The van der Waals surface area contributed by atoms with Gasteiger partial charge in [0.05, 0.1) is 11.8 Å². The fourth-order valence-electron chi connectivity index (χ4n) is 1.07. The molecule has 7 heteroatoms. The van der Waals surface area contributed by atoms with Gasteiger partial charge in [-0.1, -0.05) is 5.10 Å². The molecule has 0 spiro atoms. The number of aryl methyl sites for hydroxylation is 1. The van der Waals surface area contributed by atoms with Crippen LogP contribution in [0.1, 0.15) is 16.2 Å². The number of pyridine rings is 1. The molecule has 0 bridgehead atoms. The molecule has 0 atom stereocenters. The third-order valence-electron chi connectivity index (χ3n) is 1.76. The first-order valence-electron chi connectivity index (χ1n) is 4.38. The number of rotatable bonds is 2. The number of anilines is 1. The van der Waals surface area contributed by atoms with E-state index in [-0.39, 0.29) is 11.6 Å². The summed E-state index contributed by atoms with van der Waals surface area (Å²) in [5.74, 6) is -1.06. The zero-order chi connectivity index (χ0) is 11.5. The molecule has 0 saturated carbocycles. The molecule has 0 aliphatic rings. The summed E-state index contributed by atoms with van der Waals surface area (Å²) in [4.78, 5) is 15.1. The number of hydrogen-bond acceptors (Lipinski definition) is 5. The third kappa shape index (κ3) is 2.02. The van der Waals surface area contributed by atoms with E-state index in [0.29, 0.717) is 5.89 Å². The van der Waals surface area contributed by atoms with Gasteiger partial charge in [-0.3, -0.25) is 15.1 Å². The summed E-state index contributed by atoms with van der Waals surface area (Å²) in [6, 6.07) is 1.19. The van der Waals surface area contributed by atoms with E-state index in [0.717, 1.165) is 6.20 Å². The van der Waals surface area contributed by atoms with E-state index in [2.05, 4.69) is 20.5 Å². The van der Waals surface area contributed by atoms with Crippen molar-refractivity contribution in [2.75, 3.05) is 5.32 Å². The van der Waals surface area contributed by atoms with Crippen molar-refractivity contribution in [3.8, 4) is 0 Å². The predicted octanol–water partition coefficient (Wildman–Crippen LogP) is 1.16. The van der Waals surface area contributed by atoms with Crippen molar-refractivity contribution in [1.29, 1.82) is 0 Å². The van der Waals surface area contributed by atoms with Gasteiger partial charge in [-0.2, -0.15) is 0 Å². The van der Waals surface area contributed by atoms with Crippen molar-refractivity contribution in [2.24, 2.45) is 0 Å².